The minimum absolute atomic E-state index is 0.493. The van der Waals surface area contributed by atoms with Gasteiger partial charge in [0.2, 0.25) is 9.84 Å². The zero-order chi connectivity index (χ0) is 13.5. The number of aryl methyl sites for hydroxylation is 1. The highest BCUT2D eigenvalue weighted by atomic mass is 32.2. The lowest BCUT2D eigenvalue weighted by Gasteiger charge is -2.23. The van der Waals surface area contributed by atoms with Crippen molar-refractivity contribution in [2.45, 2.75) is 74.0 Å². The molecule has 1 fully saturated rings. The number of rotatable bonds is 4. The van der Waals surface area contributed by atoms with Crippen molar-refractivity contribution in [2.24, 2.45) is 0 Å². The van der Waals surface area contributed by atoms with Crippen LogP contribution in [0.4, 0.5) is 0 Å². The Morgan fingerprint density at radius 1 is 1.16 bits per heavy atom. The lowest BCUT2D eigenvalue weighted by molar-refractivity contribution is 0.436. The predicted octanol–water partition coefficient (Wildman–Crippen LogP) is 4.22. The maximum atomic E-state index is 12.0. The molecule has 1 aliphatic heterocycles. The first-order valence-electron chi connectivity index (χ1n) is 7.57. The lowest BCUT2D eigenvalue weighted by atomic mass is 9.81. The molecule has 0 N–H and O–H groups in total. The van der Waals surface area contributed by atoms with E-state index in [1.165, 1.54) is 43.2 Å². The van der Waals surface area contributed by atoms with Crippen molar-refractivity contribution in [3.05, 3.63) is 23.3 Å². The Balaban J connectivity index is 2.00. The van der Waals surface area contributed by atoms with Crippen LogP contribution in [0, 0.1) is 0 Å². The highest BCUT2D eigenvalue weighted by Gasteiger charge is 2.44. The quantitative estimate of drug-likeness (QED) is 0.785. The first kappa shape index (κ1) is 13.2. The van der Waals surface area contributed by atoms with E-state index in [1.54, 1.807) is 0 Å². The van der Waals surface area contributed by atoms with E-state index in [2.05, 4.69) is 13.0 Å². The van der Waals surface area contributed by atoms with Gasteiger partial charge in [-0.3, -0.25) is 0 Å². The van der Waals surface area contributed by atoms with Crippen molar-refractivity contribution in [3.8, 4) is 0 Å². The Hall–Kier alpha value is -0.830. The Morgan fingerprint density at radius 2 is 1.89 bits per heavy atom. The Kier molecular flexibility index (Phi) is 3.42. The topological polar surface area (TPSA) is 34.1 Å². The summed E-state index contributed by atoms with van der Waals surface area (Å²) in [5.74, 6) is 0.493. The molecular weight excluding hydrogens is 256 g/mol. The molecule has 1 saturated carbocycles. The molecule has 1 aromatic carbocycles. The molecule has 1 aromatic rings. The normalized spacial score (nSPS) is 21.1. The second-order valence-corrected chi connectivity index (χ2v) is 7.76. The second kappa shape index (κ2) is 4.93. The van der Waals surface area contributed by atoms with Crippen LogP contribution in [0.2, 0.25) is 0 Å². The van der Waals surface area contributed by atoms with Crippen LogP contribution in [0.25, 0.3) is 0 Å². The summed E-state index contributed by atoms with van der Waals surface area (Å²) in [6, 6.07) is 3.89. The molecular formula is C16H22O2S. The average Bonchev–Trinajstić information content (AvgIpc) is 2.99. The number of sulfone groups is 1. The largest absolute Gasteiger partial charge is 0.218 e. The Bertz CT molecular complexity index is 581. The highest BCUT2D eigenvalue weighted by Crippen LogP contribution is 2.49. The summed E-state index contributed by atoms with van der Waals surface area (Å²) in [7, 11) is -3.00. The molecule has 19 heavy (non-hydrogen) atoms. The van der Waals surface area contributed by atoms with Gasteiger partial charge in [0.05, 0.1) is 9.79 Å². The fourth-order valence-electron chi connectivity index (χ4n) is 3.49. The van der Waals surface area contributed by atoms with Crippen molar-refractivity contribution in [1.29, 1.82) is 0 Å². The van der Waals surface area contributed by atoms with Crippen LogP contribution in [0.15, 0.2) is 21.9 Å². The number of hydrogen-bond donors (Lipinski definition) is 0. The van der Waals surface area contributed by atoms with Crippen molar-refractivity contribution < 1.29 is 8.42 Å². The molecule has 0 aromatic heterocycles. The number of fused-ring (bicyclic) bond motifs is 1. The standard InChI is InChI=1S/C16H22O2S/c1-2-3-7-13-10-11-14-16(19(14,17)18)15(13)12-8-5-4-6-9-12/h10-12H,2-9H2,1H3. The summed E-state index contributed by atoms with van der Waals surface area (Å²) in [4.78, 5) is 1.31. The molecule has 104 valence electrons. The fourth-order valence-corrected chi connectivity index (χ4v) is 5.12. The van der Waals surface area contributed by atoms with Crippen molar-refractivity contribution in [1.82, 2.24) is 0 Å². The van der Waals surface area contributed by atoms with E-state index in [-0.39, 0.29) is 0 Å². The molecule has 0 amide bonds. The van der Waals surface area contributed by atoms with Crippen molar-refractivity contribution in [2.75, 3.05) is 0 Å². The first-order chi connectivity index (χ1) is 9.16. The van der Waals surface area contributed by atoms with E-state index in [0.717, 1.165) is 19.3 Å². The van der Waals surface area contributed by atoms with Crippen LogP contribution >= 0.6 is 0 Å². The van der Waals surface area contributed by atoms with Gasteiger partial charge in [0, 0.05) is 0 Å². The second-order valence-electron chi connectivity index (χ2n) is 5.91. The van der Waals surface area contributed by atoms with Crippen molar-refractivity contribution in [3.63, 3.8) is 0 Å². The average molecular weight is 278 g/mol. The summed E-state index contributed by atoms with van der Waals surface area (Å²) < 4.78 is 24.0. The van der Waals surface area contributed by atoms with Gasteiger partial charge in [-0.25, -0.2) is 8.42 Å². The molecule has 0 saturated heterocycles. The Morgan fingerprint density at radius 3 is 2.58 bits per heavy atom. The van der Waals surface area contributed by atoms with Gasteiger partial charge in [-0.15, -0.1) is 0 Å². The van der Waals surface area contributed by atoms with Gasteiger partial charge < -0.3 is 0 Å². The van der Waals surface area contributed by atoms with Crippen LogP contribution in [0.5, 0.6) is 0 Å². The number of benzene rings is 1. The molecule has 0 bridgehead atoms. The molecule has 2 aliphatic rings. The van der Waals surface area contributed by atoms with Crippen molar-refractivity contribution >= 4 is 9.84 Å². The molecule has 3 rings (SSSR count). The third-order valence-electron chi connectivity index (χ3n) is 4.58. The summed E-state index contributed by atoms with van der Waals surface area (Å²) in [6.45, 7) is 2.19. The highest BCUT2D eigenvalue weighted by molar-refractivity contribution is 7.97. The van der Waals surface area contributed by atoms with Gasteiger partial charge in [-0.2, -0.15) is 0 Å². The summed E-state index contributed by atoms with van der Waals surface area (Å²) >= 11 is 0. The van der Waals surface area contributed by atoms with E-state index < -0.39 is 9.84 Å². The van der Waals surface area contributed by atoms with Crippen LogP contribution in [-0.2, 0) is 16.3 Å². The minimum Gasteiger partial charge on any atom is -0.218 e. The molecule has 3 heteroatoms. The summed E-state index contributed by atoms with van der Waals surface area (Å²) in [5, 5.41) is 0. The smallest absolute Gasteiger partial charge is 0.209 e. The molecule has 1 heterocycles. The van der Waals surface area contributed by atoms with E-state index in [0.29, 0.717) is 15.7 Å². The SMILES string of the molecule is CCCCc1ccc2c(c1C1CCCCC1)S2(=O)=O. The molecule has 1 aliphatic carbocycles. The van der Waals surface area contributed by atoms with E-state index in [9.17, 15) is 8.42 Å². The summed E-state index contributed by atoms with van der Waals surface area (Å²) in [5.41, 5.74) is 2.50. The number of hydrogen-bond acceptors (Lipinski definition) is 2. The number of unbranched alkanes of at least 4 members (excludes halogenated alkanes) is 1. The maximum absolute atomic E-state index is 12.0. The van der Waals surface area contributed by atoms with Crippen LogP contribution in [0.1, 0.15) is 68.9 Å². The van der Waals surface area contributed by atoms with Gasteiger partial charge in [-0.05, 0) is 48.8 Å². The van der Waals surface area contributed by atoms with Gasteiger partial charge in [0.15, 0.2) is 0 Å². The molecule has 0 unspecified atom stereocenters. The zero-order valence-corrected chi connectivity index (χ0v) is 12.4. The van der Waals surface area contributed by atoms with E-state index >= 15 is 0 Å². The molecule has 0 radical (unpaired) electrons. The van der Waals surface area contributed by atoms with Gasteiger partial charge in [-0.1, -0.05) is 38.7 Å². The van der Waals surface area contributed by atoms with E-state index in [1.807, 2.05) is 6.07 Å². The lowest BCUT2D eigenvalue weighted by Crippen LogP contribution is -2.08. The van der Waals surface area contributed by atoms with Gasteiger partial charge in [0.1, 0.15) is 0 Å². The van der Waals surface area contributed by atoms with Crippen LogP contribution < -0.4 is 0 Å². The first-order valence-corrected chi connectivity index (χ1v) is 9.05. The Labute approximate surface area is 116 Å². The molecule has 0 spiro atoms. The van der Waals surface area contributed by atoms with Gasteiger partial charge >= 0.3 is 0 Å². The predicted molar refractivity (Wildman–Crippen MR) is 76.3 cm³/mol. The molecule has 0 atom stereocenters. The van der Waals surface area contributed by atoms with Crippen LogP contribution in [-0.4, -0.2) is 8.42 Å². The van der Waals surface area contributed by atoms with Gasteiger partial charge in [0.25, 0.3) is 0 Å². The third kappa shape index (κ3) is 2.22. The molecule has 2 nitrogen and oxygen atoms in total. The maximum Gasteiger partial charge on any atom is 0.209 e. The zero-order valence-electron chi connectivity index (χ0n) is 11.6. The third-order valence-corrected chi connectivity index (χ3v) is 6.27. The van der Waals surface area contributed by atoms with Crippen LogP contribution in [0.3, 0.4) is 0 Å². The minimum atomic E-state index is -3.00. The van der Waals surface area contributed by atoms with E-state index in [4.69, 9.17) is 0 Å². The monoisotopic (exact) mass is 278 g/mol. The fraction of sp³-hybridized carbons (Fsp3) is 0.625. The summed E-state index contributed by atoms with van der Waals surface area (Å²) in [6.07, 6.45) is 9.50.